The van der Waals surface area contributed by atoms with Crippen molar-refractivity contribution in [1.29, 1.82) is 0 Å². The minimum Gasteiger partial charge on any atom is -0.345 e. The Morgan fingerprint density at radius 3 is 2.13 bits per heavy atom. The average molecular weight is 409 g/mol. The smallest absolute Gasteiger partial charge is 0.311 e. The summed E-state index contributed by atoms with van der Waals surface area (Å²) in [5.41, 5.74) is 1.61. The van der Waals surface area contributed by atoms with Crippen LogP contribution in [0.15, 0.2) is 30.3 Å². The molecule has 1 aliphatic heterocycles. The highest BCUT2D eigenvalue weighted by molar-refractivity contribution is 6.35. The van der Waals surface area contributed by atoms with Crippen molar-refractivity contribution in [2.45, 2.75) is 70.8 Å². The summed E-state index contributed by atoms with van der Waals surface area (Å²) in [5, 5.41) is 3.15. The van der Waals surface area contributed by atoms with Crippen LogP contribution in [-0.4, -0.2) is 35.8 Å². The lowest BCUT2D eigenvalue weighted by Gasteiger charge is -2.59. The predicted octanol–water partition coefficient (Wildman–Crippen LogP) is 4.19. The third kappa shape index (κ3) is 3.90. The minimum absolute atomic E-state index is 0.109. The second-order valence-electron chi connectivity index (χ2n) is 10.9. The second kappa shape index (κ2) is 8.01. The number of rotatable bonds is 4. The number of hydrogen-bond donors (Lipinski definition) is 1. The normalized spacial score (nSPS) is 34.0. The number of amides is 2. The summed E-state index contributed by atoms with van der Waals surface area (Å²) in [7, 11) is 0. The minimum atomic E-state index is -0.375. The first-order valence-corrected chi connectivity index (χ1v) is 12.1. The van der Waals surface area contributed by atoms with Gasteiger partial charge in [0.2, 0.25) is 0 Å². The highest BCUT2D eigenvalue weighted by Crippen LogP contribution is 2.61. The third-order valence-corrected chi connectivity index (χ3v) is 8.81. The number of benzene rings is 1. The maximum atomic E-state index is 12.8. The number of likely N-dealkylation sites (tertiary alicyclic amines) is 1. The summed E-state index contributed by atoms with van der Waals surface area (Å²) in [6, 6.07) is 10.7. The summed E-state index contributed by atoms with van der Waals surface area (Å²) in [5.74, 6) is 2.48. The van der Waals surface area contributed by atoms with Crippen LogP contribution in [0, 0.1) is 29.1 Å². The molecule has 4 nitrogen and oxygen atoms in total. The van der Waals surface area contributed by atoms with Gasteiger partial charge in [-0.2, -0.15) is 0 Å². The van der Waals surface area contributed by atoms with E-state index in [0.29, 0.717) is 19.0 Å². The zero-order valence-corrected chi connectivity index (χ0v) is 18.3. The van der Waals surface area contributed by atoms with E-state index in [2.05, 4.69) is 36.5 Å². The molecule has 1 N–H and O–H groups in total. The Kier molecular flexibility index (Phi) is 5.37. The molecule has 4 aliphatic carbocycles. The summed E-state index contributed by atoms with van der Waals surface area (Å²) in [6.45, 7) is 3.56. The molecule has 1 atom stereocenters. The molecule has 5 aliphatic rings. The molecule has 4 saturated carbocycles. The predicted molar refractivity (Wildman–Crippen MR) is 118 cm³/mol. The molecule has 0 radical (unpaired) electrons. The van der Waals surface area contributed by atoms with Gasteiger partial charge < -0.3 is 10.2 Å². The van der Waals surface area contributed by atoms with Gasteiger partial charge in [-0.25, -0.2) is 0 Å². The van der Waals surface area contributed by atoms with E-state index in [4.69, 9.17) is 0 Å². The monoisotopic (exact) mass is 408 g/mol. The van der Waals surface area contributed by atoms with Crippen molar-refractivity contribution in [2.24, 2.45) is 29.1 Å². The molecule has 1 unspecified atom stereocenters. The van der Waals surface area contributed by atoms with Crippen LogP contribution < -0.4 is 5.32 Å². The van der Waals surface area contributed by atoms with Crippen molar-refractivity contribution in [1.82, 2.24) is 10.2 Å². The van der Waals surface area contributed by atoms with E-state index >= 15 is 0 Å². The van der Waals surface area contributed by atoms with Gasteiger partial charge in [0, 0.05) is 19.1 Å². The second-order valence-corrected chi connectivity index (χ2v) is 10.9. The molecule has 1 aromatic carbocycles. The SMILES string of the molecule is CC(NC(=O)C(=O)N1CCC(Cc2ccccc2)CC1)C12CC3CC(CC(C3)C1)C2. The highest BCUT2D eigenvalue weighted by atomic mass is 16.2. The summed E-state index contributed by atoms with van der Waals surface area (Å²) >= 11 is 0. The largest absolute Gasteiger partial charge is 0.345 e. The Morgan fingerprint density at radius 1 is 1.00 bits per heavy atom. The molecule has 162 valence electrons. The van der Waals surface area contributed by atoms with Crippen molar-refractivity contribution in [3.8, 4) is 0 Å². The lowest BCUT2D eigenvalue weighted by atomic mass is 9.48. The van der Waals surface area contributed by atoms with E-state index in [0.717, 1.165) is 37.0 Å². The van der Waals surface area contributed by atoms with Crippen LogP contribution in [0.1, 0.15) is 63.9 Å². The van der Waals surface area contributed by atoms with Crippen LogP contribution in [0.25, 0.3) is 0 Å². The Balaban J connectivity index is 1.13. The standard InChI is InChI=1S/C26H36N2O2/c1-18(26-15-21-12-22(16-26)14-23(13-21)17-26)27-24(29)25(30)28-9-7-20(8-10-28)11-19-5-3-2-4-6-19/h2-6,18,20-23H,7-17H2,1H3,(H,27,29). The molecule has 5 fully saturated rings. The van der Waals surface area contributed by atoms with Gasteiger partial charge in [-0.1, -0.05) is 30.3 Å². The molecular weight excluding hydrogens is 372 g/mol. The molecule has 6 rings (SSSR count). The Bertz CT molecular complexity index is 746. The molecule has 1 heterocycles. The van der Waals surface area contributed by atoms with E-state index in [1.165, 1.54) is 44.1 Å². The number of nitrogens with zero attached hydrogens (tertiary/aromatic N) is 1. The number of piperidine rings is 1. The van der Waals surface area contributed by atoms with E-state index in [1.807, 2.05) is 6.07 Å². The van der Waals surface area contributed by atoms with Gasteiger partial charge in [-0.15, -0.1) is 0 Å². The quantitative estimate of drug-likeness (QED) is 0.760. The maximum absolute atomic E-state index is 12.8. The van der Waals surface area contributed by atoms with Gasteiger partial charge in [-0.05, 0) is 99.4 Å². The van der Waals surface area contributed by atoms with Gasteiger partial charge in [0.15, 0.2) is 0 Å². The van der Waals surface area contributed by atoms with Gasteiger partial charge in [0.25, 0.3) is 0 Å². The number of carbonyl (C=O) groups excluding carboxylic acids is 2. The highest BCUT2D eigenvalue weighted by Gasteiger charge is 2.53. The zero-order valence-electron chi connectivity index (χ0n) is 18.3. The summed E-state index contributed by atoms with van der Waals surface area (Å²) in [4.78, 5) is 27.4. The molecule has 30 heavy (non-hydrogen) atoms. The van der Waals surface area contributed by atoms with Crippen LogP contribution in [0.5, 0.6) is 0 Å². The molecule has 1 saturated heterocycles. The molecule has 0 aromatic heterocycles. The molecule has 1 aromatic rings. The molecule has 4 heteroatoms. The molecule has 0 spiro atoms. The van der Waals surface area contributed by atoms with Crippen LogP contribution in [0.2, 0.25) is 0 Å². The van der Waals surface area contributed by atoms with Crippen LogP contribution >= 0.6 is 0 Å². The number of hydrogen-bond acceptors (Lipinski definition) is 2. The van der Waals surface area contributed by atoms with Gasteiger partial charge in [-0.3, -0.25) is 9.59 Å². The van der Waals surface area contributed by atoms with Crippen molar-refractivity contribution < 1.29 is 9.59 Å². The fourth-order valence-electron chi connectivity index (χ4n) is 7.55. The summed E-state index contributed by atoms with van der Waals surface area (Å²) in [6.07, 6.45) is 11.0. The number of carbonyl (C=O) groups is 2. The third-order valence-electron chi connectivity index (χ3n) is 8.81. The van der Waals surface area contributed by atoms with Gasteiger partial charge >= 0.3 is 11.8 Å². The first-order chi connectivity index (χ1) is 14.5. The van der Waals surface area contributed by atoms with Gasteiger partial charge in [0.1, 0.15) is 0 Å². The first-order valence-electron chi connectivity index (χ1n) is 12.1. The van der Waals surface area contributed by atoms with Crippen LogP contribution in [-0.2, 0) is 16.0 Å². The fraction of sp³-hybridized carbons (Fsp3) is 0.692. The van der Waals surface area contributed by atoms with E-state index in [-0.39, 0.29) is 23.3 Å². The van der Waals surface area contributed by atoms with Crippen molar-refractivity contribution in [2.75, 3.05) is 13.1 Å². The van der Waals surface area contributed by atoms with E-state index < -0.39 is 0 Å². The van der Waals surface area contributed by atoms with Gasteiger partial charge in [0.05, 0.1) is 0 Å². The lowest BCUT2D eigenvalue weighted by molar-refractivity contribution is -0.148. The Hall–Kier alpha value is -1.84. The Morgan fingerprint density at radius 2 is 1.57 bits per heavy atom. The molecule has 4 bridgehead atoms. The number of nitrogens with one attached hydrogen (secondary N) is 1. The van der Waals surface area contributed by atoms with Crippen molar-refractivity contribution in [3.63, 3.8) is 0 Å². The first kappa shape index (κ1) is 20.1. The molecular formula is C26H36N2O2. The lowest BCUT2D eigenvalue weighted by Crippen LogP contribution is -2.58. The topological polar surface area (TPSA) is 49.4 Å². The van der Waals surface area contributed by atoms with Crippen molar-refractivity contribution in [3.05, 3.63) is 35.9 Å². The van der Waals surface area contributed by atoms with E-state index in [1.54, 1.807) is 4.90 Å². The average Bonchev–Trinajstić information content (AvgIpc) is 2.73. The Labute approximate surface area is 180 Å². The van der Waals surface area contributed by atoms with Crippen molar-refractivity contribution >= 4 is 11.8 Å². The molecule has 2 amide bonds. The fourth-order valence-corrected chi connectivity index (χ4v) is 7.55. The van der Waals surface area contributed by atoms with Crippen LogP contribution in [0.3, 0.4) is 0 Å². The van der Waals surface area contributed by atoms with E-state index in [9.17, 15) is 9.59 Å². The summed E-state index contributed by atoms with van der Waals surface area (Å²) < 4.78 is 0. The zero-order chi connectivity index (χ0) is 20.7. The van der Waals surface area contributed by atoms with Crippen LogP contribution in [0.4, 0.5) is 0 Å². The maximum Gasteiger partial charge on any atom is 0.311 e.